The molecule has 1 fully saturated rings. The molecule has 0 saturated heterocycles. The fourth-order valence-corrected chi connectivity index (χ4v) is 2.07. The van der Waals surface area contributed by atoms with Crippen molar-refractivity contribution in [3.63, 3.8) is 0 Å². The first-order valence-corrected chi connectivity index (χ1v) is 6.09. The van der Waals surface area contributed by atoms with Gasteiger partial charge in [0.15, 0.2) is 5.78 Å². The quantitative estimate of drug-likeness (QED) is 0.823. The maximum Gasteiger partial charge on any atom is 0.254 e. The Morgan fingerprint density at radius 2 is 2.11 bits per heavy atom. The van der Waals surface area contributed by atoms with Gasteiger partial charge in [0.05, 0.1) is 18.0 Å². The summed E-state index contributed by atoms with van der Waals surface area (Å²) >= 11 is 0. The van der Waals surface area contributed by atoms with E-state index in [0.717, 1.165) is 0 Å². The van der Waals surface area contributed by atoms with Crippen molar-refractivity contribution in [2.75, 3.05) is 0 Å². The van der Waals surface area contributed by atoms with Crippen molar-refractivity contribution in [3.05, 3.63) is 35.1 Å². The van der Waals surface area contributed by atoms with E-state index in [1.165, 1.54) is 12.1 Å². The van der Waals surface area contributed by atoms with Gasteiger partial charge in [0.2, 0.25) is 0 Å². The highest BCUT2D eigenvalue weighted by atomic mass is 19.1. The summed E-state index contributed by atoms with van der Waals surface area (Å²) in [6.45, 7) is 1.72. The van der Waals surface area contributed by atoms with Crippen molar-refractivity contribution in [2.24, 2.45) is 0 Å². The third-order valence-electron chi connectivity index (χ3n) is 3.15. The van der Waals surface area contributed by atoms with E-state index in [1.54, 1.807) is 13.0 Å². The summed E-state index contributed by atoms with van der Waals surface area (Å²) in [5.74, 6) is -1.66. The van der Waals surface area contributed by atoms with Gasteiger partial charge in [0, 0.05) is 6.42 Å². The first-order valence-electron chi connectivity index (χ1n) is 6.09. The Balaban J connectivity index is 2.09. The summed E-state index contributed by atoms with van der Waals surface area (Å²) in [5, 5.41) is 2.49. The molecule has 19 heavy (non-hydrogen) atoms. The highest BCUT2D eigenvalue weighted by molar-refractivity contribution is 6.06. The maximum atomic E-state index is 13.6. The van der Waals surface area contributed by atoms with Gasteiger partial charge in [0.25, 0.3) is 5.91 Å². The third-order valence-corrected chi connectivity index (χ3v) is 3.15. The van der Waals surface area contributed by atoms with Crippen LogP contribution in [0.15, 0.2) is 18.2 Å². The number of aryl methyl sites for hydroxylation is 1. The van der Waals surface area contributed by atoms with E-state index in [4.69, 9.17) is 0 Å². The number of carbonyl (C=O) groups excluding carboxylic acids is 3. The minimum absolute atomic E-state index is 0.0877. The van der Waals surface area contributed by atoms with Crippen molar-refractivity contribution in [2.45, 2.75) is 32.2 Å². The summed E-state index contributed by atoms with van der Waals surface area (Å²) < 4.78 is 13.6. The Hall–Kier alpha value is -2.04. The molecule has 1 amide bonds. The minimum atomic E-state index is -0.689. The number of Topliss-reactive ketones (excluding diaryl/α,β-unsaturated/α-hetero) is 2. The molecule has 0 heterocycles. The van der Waals surface area contributed by atoms with Crippen LogP contribution in [0.2, 0.25) is 0 Å². The van der Waals surface area contributed by atoms with Gasteiger partial charge in [-0.15, -0.1) is 0 Å². The second-order valence-electron chi connectivity index (χ2n) is 4.73. The predicted molar refractivity (Wildman–Crippen MR) is 66.3 cm³/mol. The SMILES string of the molecule is Cc1ccc(C(=O)N[C@@H]2CCC(=O)CC2=O)c(F)c1. The second-order valence-corrected chi connectivity index (χ2v) is 4.73. The van der Waals surface area contributed by atoms with E-state index in [2.05, 4.69) is 5.32 Å². The van der Waals surface area contributed by atoms with Crippen molar-refractivity contribution in [3.8, 4) is 0 Å². The molecule has 0 spiro atoms. The van der Waals surface area contributed by atoms with Gasteiger partial charge in [0.1, 0.15) is 11.6 Å². The van der Waals surface area contributed by atoms with Crippen LogP contribution in [0.25, 0.3) is 0 Å². The Kier molecular flexibility index (Phi) is 3.74. The van der Waals surface area contributed by atoms with E-state index in [9.17, 15) is 18.8 Å². The summed E-state index contributed by atoms with van der Waals surface area (Å²) in [6.07, 6.45) is 0.408. The third kappa shape index (κ3) is 3.05. The molecule has 1 aromatic carbocycles. The molecule has 1 aliphatic rings. The minimum Gasteiger partial charge on any atom is -0.342 e. The number of rotatable bonds is 2. The fourth-order valence-electron chi connectivity index (χ4n) is 2.07. The molecule has 1 N–H and O–H groups in total. The molecular formula is C14H14FNO3. The number of halogens is 1. The molecule has 5 heteroatoms. The maximum absolute atomic E-state index is 13.6. The topological polar surface area (TPSA) is 63.2 Å². The molecule has 1 aromatic rings. The van der Waals surface area contributed by atoms with Crippen molar-refractivity contribution >= 4 is 17.5 Å². The van der Waals surface area contributed by atoms with Gasteiger partial charge in [-0.05, 0) is 31.0 Å². The van der Waals surface area contributed by atoms with Crippen LogP contribution in [0.3, 0.4) is 0 Å². The van der Waals surface area contributed by atoms with E-state index >= 15 is 0 Å². The van der Waals surface area contributed by atoms with Gasteiger partial charge >= 0.3 is 0 Å². The van der Waals surface area contributed by atoms with Crippen LogP contribution in [-0.2, 0) is 9.59 Å². The molecule has 100 valence electrons. The first-order chi connectivity index (χ1) is 8.97. The van der Waals surface area contributed by atoms with Crippen molar-refractivity contribution in [1.29, 1.82) is 0 Å². The fraction of sp³-hybridized carbons (Fsp3) is 0.357. The molecular weight excluding hydrogens is 249 g/mol. The zero-order valence-electron chi connectivity index (χ0n) is 10.5. The van der Waals surface area contributed by atoms with Crippen LogP contribution in [0.5, 0.6) is 0 Å². The first kappa shape index (κ1) is 13.4. The summed E-state index contributed by atoms with van der Waals surface area (Å²) in [6, 6.07) is 3.59. The number of benzene rings is 1. The molecule has 0 radical (unpaired) electrons. The van der Waals surface area contributed by atoms with E-state index in [1.807, 2.05) is 0 Å². The van der Waals surface area contributed by atoms with Crippen molar-refractivity contribution in [1.82, 2.24) is 5.32 Å². The normalized spacial score (nSPS) is 19.4. The van der Waals surface area contributed by atoms with Crippen LogP contribution in [0, 0.1) is 12.7 Å². The number of carbonyl (C=O) groups is 3. The average Bonchev–Trinajstić information content (AvgIpc) is 2.32. The predicted octanol–water partition coefficient (Wildman–Crippen LogP) is 1.55. The summed E-state index contributed by atoms with van der Waals surface area (Å²) in [7, 11) is 0. The number of nitrogens with one attached hydrogen (secondary N) is 1. The molecule has 4 nitrogen and oxygen atoms in total. The zero-order valence-corrected chi connectivity index (χ0v) is 10.5. The van der Waals surface area contributed by atoms with Crippen molar-refractivity contribution < 1.29 is 18.8 Å². The lowest BCUT2D eigenvalue weighted by Gasteiger charge is -2.21. The molecule has 1 atom stereocenters. The number of hydrogen-bond donors (Lipinski definition) is 1. The second kappa shape index (κ2) is 5.30. The zero-order chi connectivity index (χ0) is 14.0. The molecule has 1 aliphatic carbocycles. The van der Waals surface area contributed by atoms with Gasteiger partial charge in [-0.3, -0.25) is 14.4 Å². The molecule has 1 saturated carbocycles. The molecule has 2 rings (SSSR count). The van der Waals surface area contributed by atoms with E-state index in [-0.39, 0.29) is 36.4 Å². The highest BCUT2D eigenvalue weighted by Gasteiger charge is 2.28. The van der Waals surface area contributed by atoms with E-state index in [0.29, 0.717) is 5.56 Å². The molecule has 0 aromatic heterocycles. The Labute approximate surface area is 110 Å². The lowest BCUT2D eigenvalue weighted by atomic mass is 9.93. The number of hydrogen-bond acceptors (Lipinski definition) is 3. The Morgan fingerprint density at radius 1 is 1.37 bits per heavy atom. The Morgan fingerprint density at radius 3 is 2.74 bits per heavy atom. The monoisotopic (exact) mass is 263 g/mol. The van der Waals surface area contributed by atoms with Gasteiger partial charge in [-0.2, -0.15) is 0 Å². The van der Waals surface area contributed by atoms with Crippen LogP contribution in [0.1, 0.15) is 35.2 Å². The highest BCUT2D eigenvalue weighted by Crippen LogP contribution is 2.14. The molecule has 0 unspecified atom stereocenters. The molecule has 0 aliphatic heterocycles. The smallest absolute Gasteiger partial charge is 0.254 e. The number of amides is 1. The van der Waals surface area contributed by atoms with E-state index < -0.39 is 17.8 Å². The number of ketones is 2. The average molecular weight is 263 g/mol. The largest absolute Gasteiger partial charge is 0.342 e. The Bertz CT molecular complexity index is 554. The van der Waals surface area contributed by atoms with Crippen LogP contribution in [-0.4, -0.2) is 23.5 Å². The van der Waals surface area contributed by atoms with Gasteiger partial charge in [-0.1, -0.05) is 6.07 Å². The van der Waals surface area contributed by atoms with Gasteiger partial charge in [-0.25, -0.2) is 4.39 Å². The summed E-state index contributed by atoms with van der Waals surface area (Å²) in [5.41, 5.74) is 0.628. The van der Waals surface area contributed by atoms with Crippen LogP contribution < -0.4 is 5.32 Å². The van der Waals surface area contributed by atoms with Crippen LogP contribution in [0.4, 0.5) is 4.39 Å². The molecule has 0 bridgehead atoms. The lowest BCUT2D eigenvalue weighted by Crippen LogP contribution is -2.44. The summed E-state index contributed by atoms with van der Waals surface area (Å²) in [4.78, 5) is 34.5. The lowest BCUT2D eigenvalue weighted by molar-refractivity contribution is -0.131. The standard InChI is InChI=1S/C14H14FNO3/c1-8-2-4-10(11(15)6-8)14(19)16-12-5-3-9(17)7-13(12)18/h2,4,6,12H,3,5,7H2,1H3,(H,16,19)/t12-/m1/s1. The van der Waals surface area contributed by atoms with Gasteiger partial charge < -0.3 is 5.32 Å². The van der Waals surface area contributed by atoms with Crippen LogP contribution >= 0.6 is 0 Å².